The predicted molar refractivity (Wildman–Crippen MR) is 74.2 cm³/mol. The van der Waals surface area contributed by atoms with Crippen LogP contribution in [0.5, 0.6) is 5.75 Å². The number of ether oxygens (including phenoxy) is 1. The Morgan fingerprint density at radius 3 is 2.95 bits per heavy atom. The summed E-state index contributed by atoms with van der Waals surface area (Å²) in [5, 5.41) is 2.92. The highest BCUT2D eigenvalue weighted by Crippen LogP contribution is 2.29. The molecular formula is C14H18FNO3S. The molecule has 0 amide bonds. The van der Waals surface area contributed by atoms with Gasteiger partial charge in [0.2, 0.25) is 0 Å². The number of fused-ring (bicyclic) bond motifs is 1. The minimum Gasteiger partial charge on any atom is -0.488 e. The first-order valence-corrected chi connectivity index (χ1v) is 8.63. The van der Waals surface area contributed by atoms with Gasteiger partial charge in [0.25, 0.3) is 0 Å². The zero-order valence-electron chi connectivity index (χ0n) is 11.1. The van der Waals surface area contributed by atoms with E-state index in [2.05, 4.69) is 5.32 Å². The molecule has 2 unspecified atom stereocenters. The minimum atomic E-state index is -2.89. The molecular weight excluding hydrogens is 281 g/mol. The molecule has 20 heavy (non-hydrogen) atoms. The van der Waals surface area contributed by atoms with Gasteiger partial charge in [0.05, 0.1) is 11.0 Å². The van der Waals surface area contributed by atoms with Crippen LogP contribution in [-0.4, -0.2) is 38.6 Å². The van der Waals surface area contributed by atoms with E-state index in [9.17, 15) is 12.8 Å². The number of hydrogen-bond acceptors (Lipinski definition) is 4. The molecule has 3 rings (SSSR count). The van der Waals surface area contributed by atoms with Crippen molar-refractivity contribution >= 4 is 9.84 Å². The molecule has 1 aromatic carbocycles. The Hall–Kier alpha value is -1.14. The summed E-state index contributed by atoms with van der Waals surface area (Å²) in [6.07, 6.45) is 2.12. The normalized spacial score (nSPS) is 27.2. The van der Waals surface area contributed by atoms with Gasteiger partial charge in [-0.3, -0.25) is 0 Å². The molecule has 1 N–H and O–H groups in total. The second-order valence-electron chi connectivity index (χ2n) is 5.49. The van der Waals surface area contributed by atoms with Crippen LogP contribution in [0.1, 0.15) is 18.4 Å². The summed E-state index contributed by atoms with van der Waals surface area (Å²) < 4.78 is 42.2. The Kier molecular flexibility index (Phi) is 3.69. The van der Waals surface area contributed by atoms with Crippen molar-refractivity contribution < 1.29 is 17.5 Å². The van der Waals surface area contributed by atoms with Gasteiger partial charge in [-0.2, -0.15) is 0 Å². The lowest BCUT2D eigenvalue weighted by Crippen LogP contribution is -2.36. The Balaban J connectivity index is 1.49. The lowest BCUT2D eigenvalue weighted by Gasteiger charge is -2.14. The maximum atomic E-state index is 13.1. The highest BCUT2D eigenvalue weighted by atomic mass is 32.2. The number of hydrogen-bond donors (Lipinski definition) is 1. The van der Waals surface area contributed by atoms with E-state index in [1.165, 1.54) is 12.1 Å². The highest BCUT2D eigenvalue weighted by Gasteiger charge is 2.31. The van der Waals surface area contributed by atoms with Gasteiger partial charge in [0, 0.05) is 25.1 Å². The summed E-state index contributed by atoms with van der Waals surface area (Å²) in [5.74, 6) is 0.786. The van der Waals surface area contributed by atoms with E-state index in [4.69, 9.17) is 4.74 Å². The van der Waals surface area contributed by atoms with Gasteiger partial charge in [-0.1, -0.05) is 0 Å². The van der Waals surface area contributed by atoms with Crippen molar-refractivity contribution in [1.29, 1.82) is 0 Å². The van der Waals surface area contributed by atoms with Crippen molar-refractivity contribution in [2.24, 2.45) is 0 Å². The molecule has 2 atom stereocenters. The number of rotatable bonds is 4. The first kappa shape index (κ1) is 13.8. The summed E-state index contributed by atoms with van der Waals surface area (Å²) in [6.45, 7) is 1.06. The molecule has 1 saturated heterocycles. The largest absolute Gasteiger partial charge is 0.488 e. The maximum absolute atomic E-state index is 13.1. The van der Waals surface area contributed by atoms with E-state index in [-0.39, 0.29) is 17.2 Å². The average Bonchev–Trinajstić information content (AvgIpc) is 2.92. The smallest absolute Gasteiger partial charge is 0.154 e. The van der Waals surface area contributed by atoms with Crippen molar-refractivity contribution in [2.75, 3.05) is 18.8 Å². The van der Waals surface area contributed by atoms with Crippen molar-refractivity contribution in [3.63, 3.8) is 0 Å². The number of sulfone groups is 1. The van der Waals surface area contributed by atoms with E-state index in [1.54, 1.807) is 6.07 Å². The fourth-order valence-electron chi connectivity index (χ4n) is 2.90. The Labute approximate surface area is 118 Å². The molecule has 6 heteroatoms. The van der Waals surface area contributed by atoms with Crippen LogP contribution in [0.15, 0.2) is 18.2 Å². The molecule has 0 saturated carbocycles. The Bertz CT molecular complexity index is 602. The molecule has 1 fully saturated rings. The molecule has 2 heterocycles. The van der Waals surface area contributed by atoms with Gasteiger partial charge in [-0.25, -0.2) is 12.8 Å². The molecule has 0 radical (unpaired) electrons. The van der Waals surface area contributed by atoms with E-state index in [0.717, 1.165) is 24.2 Å². The second kappa shape index (κ2) is 5.33. The molecule has 1 aromatic rings. The SMILES string of the molecule is O=S1(=O)CCCC1CNCC1Cc2cc(F)ccc2O1. The van der Waals surface area contributed by atoms with E-state index in [0.29, 0.717) is 25.3 Å². The topological polar surface area (TPSA) is 55.4 Å². The predicted octanol–water partition coefficient (Wildman–Crippen LogP) is 1.30. The van der Waals surface area contributed by atoms with Crippen molar-refractivity contribution in [3.8, 4) is 5.75 Å². The molecule has 2 aliphatic rings. The van der Waals surface area contributed by atoms with Crippen LogP contribution in [0.2, 0.25) is 0 Å². The molecule has 110 valence electrons. The van der Waals surface area contributed by atoms with Crippen LogP contribution in [0.25, 0.3) is 0 Å². The fourth-order valence-corrected chi connectivity index (χ4v) is 4.70. The minimum absolute atomic E-state index is 0.0455. The van der Waals surface area contributed by atoms with E-state index < -0.39 is 9.84 Å². The van der Waals surface area contributed by atoms with E-state index in [1.807, 2.05) is 0 Å². The Morgan fingerprint density at radius 1 is 1.35 bits per heavy atom. The molecule has 0 aromatic heterocycles. The van der Waals surface area contributed by atoms with E-state index >= 15 is 0 Å². The maximum Gasteiger partial charge on any atom is 0.154 e. The fraction of sp³-hybridized carbons (Fsp3) is 0.571. The summed E-state index contributed by atoms with van der Waals surface area (Å²) in [7, 11) is -2.89. The lowest BCUT2D eigenvalue weighted by atomic mass is 10.1. The molecule has 2 aliphatic heterocycles. The molecule has 0 aliphatic carbocycles. The van der Waals surface area contributed by atoms with Gasteiger partial charge >= 0.3 is 0 Å². The third-order valence-corrected chi connectivity index (χ3v) is 6.25. The van der Waals surface area contributed by atoms with Crippen molar-refractivity contribution in [3.05, 3.63) is 29.6 Å². The highest BCUT2D eigenvalue weighted by molar-refractivity contribution is 7.92. The number of benzene rings is 1. The Morgan fingerprint density at radius 2 is 2.20 bits per heavy atom. The van der Waals surface area contributed by atoms with Crippen LogP contribution < -0.4 is 10.1 Å². The molecule has 0 bridgehead atoms. The first-order chi connectivity index (χ1) is 9.54. The summed E-state index contributed by atoms with van der Waals surface area (Å²) in [5.41, 5.74) is 0.880. The third-order valence-electron chi connectivity index (χ3n) is 3.97. The van der Waals surface area contributed by atoms with Crippen LogP contribution >= 0.6 is 0 Å². The summed E-state index contributed by atoms with van der Waals surface area (Å²) in [6, 6.07) is 4.53. The zero-order chi connectivity index (χ0) is 14.2. The molecule has 4 nitrogen and oxygen atoms in total. The lowest BCUT2D eigenvalue weighted by molar-refractivity contribution is 0.228. The van der Waals surface area contributed by atoms with Gasteiger partial charge in [-0.05, 0) is 31.0 Å². The standard InChI is InChI=1S/C14H18FNO3S/c15-11-3-4-14-10(6-11)7-12(19-14)8-16-9-13-2-1-5-20(13,17)18/h3-4,6,12-13,16H,1-2,5,7-9H2. The van der Waals surface area contributed by atoms with Crippen molar-refractivity contribution in [1.82, 2.24) is 5.32 Å². The van der Waals surface area contributed by atoms with Gasteiger partial charge < -0.3 is 10.1 Å². The van der Waals surface area contributed by atoms with Gasteiger partial charge in [0.1, 0.15) is 17.7 Å². The number of halogens is 1. The molecule has 0 spiro atoms. The van der Waals surface area contributed by atoms with Gasteiger partial charge in [-0.15, -0.1) is 0 Å². The monoisotopic (exact) mass is 299 g/mol. The summed E-state index contributed by atoms with van der Waals surface area (Å²) in [4.78, 5) is 0. The summed E-state index contributed by atoms with van der Waals surface area (Å²) >= 11 is 0. The van der Waals surface area contributed by atoms with Crippen LogP contribution in [0, 0.1) is 5.82 Å². The quantitative estimate of drug-likeness (QED) is 0.910. The average molecular weight is 299 g/mol. The van der Waals surface area contributed by atoms with Crippen LogP contribution in [0.4, 0.5) is 4.39 Å². The zero-order valence-corrected chi connectivity index (χ0v) is 12.0. The van der Waals surface area contributed by atoms with Crippen molar-refractivity contribution in [2.45, 2.75) is 30.6 Å². The first-order valence-electron chi connectivity index (χ1n) is 6.92. The van der Waals surface area contributed by atoms with Crippen LogP contribution in [0.3, 0.4) is 0 Å². The van der Waals surface area contributed by atoms with Crippen LogP contribution in [-0.2, 0) is 16.3 Å². The number of nitrogens with one attached hydrogen (secondary N) is 1. The third kappa shape index (κ3) is 2.81. The van der Waals surface area contributed by atoms with Gasteiger partial charge in [0.15, 0.2) is 9.84 Å². The second-order valence-corrected chi connectivity index (χ2v) is 7.89.